The molecule has 1 atom stereocenters. The monoisotopic (exact) mass is 409 g/mol. The van der Waals surface area contributed by atoms with Crippen LogP contribution in [0.25, 0.3) is 11.1 Å². The topological polar surface area (TPSA) is 95.4 Å². The number of aromatic hydroxyl groups is 3. The Balaban J connectivity index is 0.00000113. The van der Waals surface area contributed by atoms with E-state index in [4.69, 9.17) is 0 Å². The SMILES string of the molecule is Br.CCCN1CCc2cc(O)cc3c2[C@H]1Cc1ccc(O)c(O)c1-3.O. The van der Waals surface area contributed by atoms with Crippen molar-refractivity contribution in [1.82, 2.24) is 4.90 Å². The van der Waals surface area contributed by atoms with Crippen molar-refractivity contribution in [1.29, 1.82) is 0 Å². The van der Waals surface area contributed by atoms with Gasteiger partial charge in [0.15, 0.2) is 11.5 Å². The molecule has 136 valence electrons. The Kier molecular flexibility index (Phi) is 5.66. The molecule has 0 aromatic heterocycles. The summed E-state index contributed by atoms with van der Waals surface area (Å²) in [6.07, 6.45) is 2.84. The smallest absolute Gasteiger partial charge is 0.165 e. The molecule has 0 saturated heterocycles. The maximum Gasteiger partial charge on any atom is 0.165 e. The van der Waals surface area contributed by atoms with Crippen LogP contribution in [-0.2, 0) is 12.8 Å². The number of phenolic OH excluding ortho intramolecular Hbond substituents is 3. The highest BCUT2D eigenvalue weighted by Gasteiger charge is 2.35. The molecule has 0 spiro atoms. The van der Waals surface area contributed by atoms with E-state index in [2.05, 4.69) is 11.8 Å². The lowest BCUT2D eigenvalue weighted by molar-refractivity contribution is 0.182. The molecular weight excluding hydrogens is 386 g/mol. The number of halogens is 1. The summed E-state index contributed by atoms with van der Waals surface area (Å²) in [4.78, 5) is 2.50. The predicted molar refractivity (Wildman–Crippen MR) is 103 cm³/mol. The summed E-state index contributed by atoms with van der Waals surface area (Å²) in [6, 6.07) is 7.29. The van der Waals surface area contributed by atoms with Crippen LogP contribution in [0.3, 0.4) is 0 Å². The molecule has 1 heterocycles. The van der Waals surface area contributed by atoms with E-state index in [0.29, 0.717) is 5.56 Å². The second kappa shape index (κ2) is 7.23. The molecule has 0 saturated carbocycles. The Morgan fingerprint density at radius 3 is 2.60 bits per heavy atom. The fraction of sp³-hybridized carbons (Fsp3) is 0.368. The summed E-state index contributed by atoms with van der Waals surface area (Å²) >= 11 is 0. The van der Waals surface area contributed by atoms with E-state index in [1.54, 1.807) is 12.1 Å². The van der Waals surface area contributed by atoms with Crippen LogP contribution in [0.5, 0.6) is 17.2 Å². The molecule has 2 aliphatic rings. The number of rotatable bonds is 2. The third-order valence-electron chi connectivity index (χ3n) is 5.13. The van der Waals surface area contributed by atoms with Crippen molar-refractivity contribution in [2.45, 2.75) is 32.2 Å². The van der Waals surface area contributed by atoms with E-state index >= 15 is 0 Å². The first-order valence-electron chi connectivity index (χ1n) is 8.24. The quantitative estimate of drug-likeness (QED) is 0.663. The van der Waals surface area contributed by atoms with Crippen molar-refractivity contribution < 1.29 is 20.8 Å². The van der Waals surface area contributed by atoms with Crippen molar-refractivity contribution >= 4 is 17.0 Å². The standard InChI is InChI=1S/C19H21NO3.BrH.H2O/c1-2-6-20-7-5-12-8-13(21)10-14-17(12)15(20)9-11-3-4-16(22)19(23)18(11)14;;/h3-4,8,10,15,21-23H,2,5-7,9H2,1H3;1H;1H2/t15-;;/m1../s1. The number of fused-ring (bicyclic) bond motifs is 2. The summed E-state index contributed by atoms with van der Waals surface area (Å²) in [6.45, 7) is 4.23. The first kappa shape index (κ1) is 19.6. The van der Waals surface area contributed by atoms with E-state index in [9.17, 15) is 15.3 Å². The number of phenols is 3. The van der Waals surface area contributed by atoms with Gasteiger partial charge in [0.1, 0.15) is 5.75 Å². The van der Waals surface area contributed by atoms with E-state index in [0.717, 1.165) is 49.0 Å². The molecule has 5 nitrogen and oxygen atoms in total. The van der Waals surface area contributed by atoms with Crippen molar-refractivity contribution in [3.05, 3.63) is 41.0 Å². The fourth-order valence-corrected chi connectivity index (χ4v) is 4.19. The molecule has 4 rings (SSSR count). The summed E-state index contributed by atoms with van der Waals surface area (Å²) in [5.74, 6) is 0.0268. The summed E-state index contributed by atoms with van der Waals surface area (Å²) in [7, 11) is 0. The lowest BCUT2D eigenvalue weighted by Crippen LogP contribution is -2.38. The molecule has 0 radical (unpaired) electrons. The lowest BCUT2D eigenvalue weighted by Gasteiger charge is -2.41. The van der Waals surface area contributed by atoms with Crippen molar-refractivity contribution in [2.75, 3.05) is 13.1 Å². The molecule has 2 aromatic carbocycles. The Labute approximate surface area is 157 Å². The zero-order valence-electron chi connectivity index (χ0n) is 14.1. The van der Waals surface area contributed by atoms with Gasteiger partial charge in [-0.2, -0.15) is 0 Å². The molecule has 25 heavy (non-hydrogen) atoms. The molecular formula is C19H24BrNO4. The zero-order chi connectivity index (χ0) is 16.1. The van der Waals surface area contributed by atoms with Crippen LogP contribution in [0.2, 0.25) is 0 Å². The second-order valence-electron chi connectivity index (χ2n) is 6.54. The highest BCUT2D eigenvalue weighted by Crippen LogP contribution is 2.51. The van der Waals surface area contributed by atoms with Gasteiger partial charge in [-0.3, -0.25) is 4.90 Å². The first-order valence-corrected chi connectivity index (χ1v) is 8.24. The van der Waals surface area contributed by atoms with Crippen LogP contribution in [0.1, 0.15) is 36.1 Å². The average molecular weight is 410 g/mol. The van der Waals surface area contributed by atoms with Crippen LogP contribution in [0, 0.1) is 0 Å². The third-order valence-corrected chi connectivity index (χ3v) is 5.13. The van der Waals surface area contributed by atoms with Gasteiger partial charge in [0.2, 0.25) is 0 Å². The zero-order valence-corrected chi connectivity index (χ0v) is 15.8. The summed E-state index contributed by atoms with van der Waals surface area (Å²) in [5.41, 5.74) is 4.92. The van der Waals surface area contributed by atoms with Gasteiger partial charge in [0.05, 0.1) is 0 Å². The highest BCUT2D eigenvalue weighted by atomic mass is 79.9. The maximum atomic E-state index is 10.4. The number of benzene rings is 2. The van der Waals surface area contributed by atoms with E-state index < -0.39 is 0 Å². The molecule has 1 aliphatic carbocycles. The lowest BCUT2D eigenvalue weighted by atomic mass is 9.76. The first-order chi connectivity index (χ1) is 11.1. The van der Waals surface area contributed by atoms with Gasteiger partial charge in [0, 0.05) is 18.2 Å². The summed E-state index contributed by atoms with van der Waals surface area (Å²) in [5, 5.41) is 30.4. The maximum absolute atomic E-state index is 10.4. The van der Waals surface area contributed by atoms with Crippen LogP contribution in [0.15, 0.2) is 24.3 Å². The molecule has 0 bridgehead atoms. The van der Waals surface area contributed by atoms with Crippen molar-refractivity contribution in [3.63, 3.8) is 0 Å². The molecule has 5 N–H and O–H groups in total. The van der Waals surface area contributed by atoms with Gasteiger partial charge in [-0.05, 0) is 66.3 Å². The Bertz CT molecular complexity index is 793. The normalized spacial score (nSPS) is 17.7. The van der Waals surface area contributed by atoms with Crippen LogP contribution in [-0.4, -0.2) is 38.8 Å². The van der Waals surface area contributed by atoms with E-state index in [-0.39, 0.29) is 45.7 Å². The second-order valence-corrected chi connectivity index (χ2v) is 6.54. The molecule has 0 unspecified atom stereocenters. The Morgan fingerprint density at radius 2 is 1.88 bits per heavy atom. The van der Waals surface area contributed by atoms with Gasteiger partial charge in [-0.25, -0.2) is 0 Å². The molecule has 2 aromatic rings. The number of hydrogen-bond donors (Lipinski definition) is 3. The van der Waals surface area contributed by atoms with Gasteiger partial charge in [-0.15, -0.1) is 17.0 Å². The minimum absolute atomic E-state index is 0. The fourth-order valence-electron chi connectivity index (χ4n) is 4.19. The van der Waals surface area contributed by atoms with Crippen LogP contribution in [0.4, 0.5) is 0 Å². The largest absolute Gasteiger partial charge is 0.508 e. The number of nitrogens with zero attached hydrogens (tertiary/aromatic N) is 1. The molecule has 0 fully saturated rings. The van der Waals surface area contributed by atoms with Gasteiger partial charge >= 0.3 is 0 Å². The molecule has 1 aliphatic heterocycles. The van der Waals surface area contributed by atoms with Crippen LogP contribution < -0.4 is 0 Å². The highest BCUT2D eigenvalue weighted by molar-refractivity contribution is 8.93. The molecule has 0 amide bonds. The van der Waals surface area contributed by atoms with Crippen molar-refractivity contribution in [2.24, 2.45) is 0 Å². The Morgan fingerprint density at radius 1 is 1.12 bits per heavy atom. The third kappa shape index (κ3) is 2.99. The van der Waals surface area contributed by atoms with Crippen molar-refractivity contribution in [3.8, 4) is 28.4 Å². The average Bonchev–Trinajstić information content (AvgIpc) is 2.53. The predicted octanol–water partition coefficient (Wildman–Crippen LogP) is 3.09. The Hall–Kier alpha value is -1.76. The minimum Gasteiger partial charge on any atom is -0.508 e. The van der Waals surface area contributed by atoms with Gasteiger partial charge in [0.25, 0.3) is 0 Å². The summed E-state index contributed by atoms with van der Waals surface area (Å²) < 4.78 is 0. The minimum atomic E-state index is -0.111. The van der Waals surface area contributed by atoms with E-state index in [1.807, 2.05) is 12.1 Å². The van der Waals surface area contributed by atoms with Gasteiger partial charge in [-0.1, -0.05) is 13.0 Å². The van der Waals surface area contributed by atoms with E-state index in [1.165, 1.54) is 5.56 Å². The van der Waals surface area contributed by atoms with Gasteiger partial charge < -0.3 is 20.8 Å². The van der Waals surface area contributed by atoms with Crippen LogP contribution >= 0.6 is 17.0 Å². The molecule has 6 heteroatoms. The number of hydrogen-bond acceptors (Lipinski definition) is 4.